The van der Waals surface area contributed by atoms with E-state index in [1.807, 2.05) is 54.7 Å². The Balaban J connectivity index is 1.40. The number of nitrogens with zero attached hydrogens (tertiary/aromatic N) is 2. The maximum Gasteiger partial charge on any atom is 0.245 e. The van der Waals surface area contributed by atoms with E-state index in [0.29, 0.717) is 32.4 Å². The molecule has 37 heavy (non-hydrogen) atoms. The van der Waals surface area contributed by atoms with Gasteiger partial charge < -0.3 is 9.88 Å². The molecule has 6 nitrogen and oxygen atoms in total. The van der Waals surface area contributed by atoms with Crippen molar-refractivity contribution in [3.8, 4) is 0 Å². The van der Waals surface area contributed by atoms with Gasteiger partial charge in [-0.1, -0.05) is 71.7 Å². The minimum absolute atomic E-state index is 0.0743. The minimum atomic E-state index is -4.01. The van der Waals surface area contributed by atoms with Crippen LogP contribution in [-0.2, 0) is 27.8 Å². The predicted octanol–water partition coefficient (Wildman–Crippen LogP) is 5.90. The Morgan fingerprint density at radius 1 is 0.973 bits per heavy atom. The first-order chi connectivity index (χ1) is 17.8. The van der Waals surface area contributed by atoms with Crippen molar-refractivity contribution in [1.29, 1.82) is 0 Å². The summed E-state index contributed by atoms with van der Waals surface area (Å²) >= 11 is 12.3. The van der Waals surface area contributed by atoms with Crippen LogP contribution in [-0.4, -0.2) is 47.6 Å². The molecule has 1 saturated carbocycles. The molecule has 1 amide bonds. The van der Waals surface area contributed by atoms with Gasteiger partial charge in [0.2, 0.25) is 15.9 Å². The monoisotopic (exact) mass is 555 g/mol. The lowest BCUT2D eigenvalue weighted by Gasteiger charge is -2.28. The molecule has 0 unspecified atom stereocenters. The fourth-order valence-electron chi connectivity index (χ4n) is 4.50. The third-order valence-corrected chi connectivity index (χ3v) is 9.24. The van der Waals surface area contributed by atoms with Crippen LogP contribution in [0.3, 0.4) is 0 Å². The van der Waals surface area contributed by atoms with E-state index < -0.39 is 10.0 Å². The lowest BCUT2D eigenvalue weighted by atomic mass is 10.1. The van der Waals surface area contributed by atoms with Crippen molar-refractivity contribution in [2.75, 3.05) is 13.1 Å². The van der Waals surface area contributed by atoms with E-state index in [1.54, 1.807) is 11.0 Å². The van der Waals surface area contributed by atoms with E-state index in [1.165, 1.54) is 16.4 Å². The first kappa shape index (κ1) is 25.8. The molecule has 0 atom stereocenters. The number of carbonyl (C=O) groups excluding carboxylic acids is 1. The fraction of sp³-hybridized carbons (Fsp3) is 0.250. The van der Waals surface area contributed by atoms with Gasteiger partial charge in [0.25, 0.3) is 0 Å². The van der Waals surface area contributed by atoms with Gasteiger partial charge in [-0.05, 0) is 54.7 Å². The molecule has 1 fully saturated rings. The lowest BCUT2D eigenvalue weighted by molar-refractivity contribution is -0.132. The molecule has 5 rings (SSSR count). The number of benzene rings is 3. The number of aromatic nitrogens is 1. The molecule has 1 aliphatic rings. The van der Waals surface area contributed by atoms with Gasteiger partial charge in [0.05, 0.1) is 11.6 Å². The minimum Gasteiger partial charge on any atom is -0.361 e. The summed E-state index contributed by atoms with van der Waals surface area (Å²) < 4.78 is 28.5. The zero-order chi connectivity index (χ0) is 26.0. The van der Waals surface area contributed by atoms with Gasteiger partial charge in [0, 0.05) is 41.3 Å². The van der Waals surface area contributed by atoms with Crippen LogP contribution in [0.25, 0.3) is 10.9 Å². The highest BCUT2D eigenvalue weighted by Crippen LogP contribution is 2.35. The molecule has 4 aromatic rings. The molecule has 1 heterocycles. The van der Waals surface area contributed by atoms with Gasteiger partial charge in [-0.25, -0.2) is 8.42 Å². The molecule has 9 heteroatoms. The number of para-hydroxylation sites is 1. The summed E-state index contributed by atoms with van der Waals surface area (Å²) in [6.45, 7) is 0.584. The van der Waals surface area contributed by atoms with Gasteiger partial charge in [-0.2, -0.15) is 4.31 Å². The Morgan fingerprint density at radius 2 is 1.70 bits per heavy atom. The van der Waals surface area contributed by atoms with Crippen molar-refractivity contribution in [2.24, 2.45) is 0 Å². The first-order valence-electron chi connectivity index (χ1n) is 12.2. The van der Waals surface area contributed by atoms with Crippen LogP contribution in [0.15, 0.2) is 83.9 Å². The molecule has 1 aliphatic carbocycles. The predicted molar refractivity (Wildman–Crippen MR) is 147 cm³/mol. The molecular weight excluding hydrogens is 529 g/mol. The number of hydrogen-bond donors (Lipinski definition) is 1. The SMILES string of the molecule is O=C(CN(C1CC1)S(=O)(=O)c1cc(Cl)ccc1Cl)N(CCc1c[nH]c2ccccc12)Cc1ccccc1. The van der Waals surface area contributed by atoms with Gasteiger partial charge in [0.15, 0.2) is 0 Å². The van der Waals surface area contributed by atoms with E-state index in [0.717, 1.165) is 22.0 Å². The maximum absolute atomic E-state index is 13.7. The van der Waals surface area contributed by atoms with E-state index in [2.05, 4.69) is 11.1 Å². The van der Waals surface area contributed by atoms with Gasteiger partial charge >= 0.3 is 0 Å². The normalized spacial score (nSPS) is 13.8. The average molecular weight is 557 g/mol. The maximum atomic E-state index is 13.7. The molecule has 3 aromatic carbocycles. The van der Waals surface area contributed by atoms with Crippen LogP contribution in [0.4, 0.5) is 0 Å². The summed E-state index contributed by atoms with van der Waals surface area (Å²) in [7, 11) is -4.01. The summed E-state index contributed by atoms with van der Waals surface area (Å²) in [4.78, 5) is 18.6. The zero-order valence-electron chi connectivity index (χ0n) is 20.1. The van der Waals surface area contributed by atoms with Crippen LogP contribution in [0.1, 0.15) is 24.0 Å². The molecule has 0 radical (unpaired) electrons. The molecule has 192 valence electrons. The Kier molecular flexibility index (Phi) is 7.58. The second-order valence-electron chi connectivity index (χ2n) is 9.27. The van der Waals surface area contributed by atoms with Crippen LogP contribution in [0.5, 0.6) is 0 Å². The molecule has 0 spiro atoms. The Morgan fingerprint density at radius 3 is 2.46 bits per heavy atom. The van der Waals surface area contributed by atoms with Gasteiger partial charge in [0.1, 0.15) is 4.90 Å². The number of aromatic amines is 1. The summed E-state index contributed by atoms with van der Waals surface area (Å²) in [5.41, 5.74) is 3.13. The third kappa shape index (κ3) is 5.85. The smallest absolute Gasteiger partial charge is 0.245 e. The molecule has 1 N–H and O–H groups in total. The zero-order valence-corrected chi connectivity index (χ0v) is 22.4. The Labute approximate surface area is 226 Å². The van der Waals surface area contributed by atoms with Crippen LogP contribution in [0.2, 0.25) is 10.0 Å². The van der Waals surface area contributed by atoms with Gasteiger partial charge in [-0.3, -0.25) is 4.79 Å². The van der Waals surface area contributed by atoms with Crippen molar-refractivity contribution in [2.45, 2.75) is 36.7 Å². The van der Waals surface area contributed by atoms with E-state index >= 15 is 0 Å². The number of halogens is 2. The highest BCUT2D eigenvalue weighted by molar-refractivity contribution is 7.89. The molecule has 0 saturated heterocycles. The molecule has 0 aliphatic heterocycles. The largest absolute Gasteiger partial charge is 0.361 e. The first-order valence-corrected chi connectivity index (χ1v) is 14.4. The van der Waals surface area contributed by atoms with E-state index in [9.17, 15) is 13.2 Å². The Hall–Kier alpha value is -2.84. The number of H-pyrrole nitrogens is 1. The van der Waals surface area contributed by atoms with Crippen LogP contribution in [0, 0.1) is 0 Å². The quantitative estimate of drug-likeness (QED) is 0.264. The fourth-order valence-corrected chi connectivity index (χ4v) is 6.87. The second kappa shape index (κ2) is 10.9. The third-order valence-electron chi connectivity index (χ3n) is 6.62. The summed E-state index contributed by atoms with van der Waals surface area (Å²) in [6, 6.07) is 21.9. The number of nitrogens with one attached hydrogen (secondary N) is 1. The Bertz CT molecular complexity index is 1520. The van der Waals surface area contributed by atoms with Crippen LogP contribution >= 0.6 is 23.2 Å². The van der Waals surface area contributed by atoms with Crippen molar-refractivity contribution in [3.05, 3.63) is 100 Å². The highest BCUT2D eigenvalue weighted by atomic mass is 35.5. The summed E-state index contributed by atoms with van der Waals surface area (Å²) in [6.07, 6.45) is 4.02. The topological polar surface area (TPSA) is 73.5 Å². The number of sulfonamides is 1. The van der Waals surface area contributed by atoms with E-state index in [-0.39, 0.29) is 33.4 Å². The lowest BCUT2D eigenvalue weighted by Crippen LogP contribution is -2.44. The molecular formula is C28H27Cl2N3O3S. The number of rotatable bonds is 10. The van der Waals surface area contributed by atoms with Crippen LogP contribution < -0.4 is 0 Å². The summed E-state index contributed by atoms with van der Waals surface area (Å²) in [5.74, 6) is -0.252. The molecule has 0 bridgehead atoms. The average Bonchev–Trinajstić information content (AvgIpc) is 3.66. The molecule has 1 aromatic heterocycles. The summed E-state index contributed by atoms with van der Waals surface area (Å²) in [5, 5.41) is 1.48. The van der Waals surface area contributed by atoms with Gasteiger partial charge in [-0.15, -0.1) is 0 Å². The number of amides is 1. The number of fused-ring (bicyclic) bond motifs is 1. The number of hydrogen-bond acceptors (Lipinski definition) is 3. The van der Waals surface area contributed by atoms with E-state index in [4.69, 9.17) is 23.2 Å². The van der Waals surface area contributed by atoms with Crippen molar-refractivity contribution >= 4 is 50.0 Å². The van der Waals surface area contributed by atoms with Crippen molar-refractivity contribution in [1.82, 2.24) is 14.2 Å². The number of carbonyl (C=O) groups is 1. The van der Waals surface area contributed by atoms with Crippen molar-refractivity contribution < 1.29 is 13.2 Å². The highest BCUT2D eigenvalue weighted by Gasteiger charge is 2.40. The standard InChI is InChI=1S/C28H27Cl2N3O3S/c29-22-10-13-25(30)27(16-22)37(35,36)33(23-11-12-23)19-28(34)32(18-20-6-2-1-3-7-20)15-14-21-17-31-26-9-5-4-8-24(21)26/h1-10,13,16-17,23,31H,11-12,14-15,18-19H2. The van der Waals surface area contributed by atoms with Crippen molar-refractivity contribution in [3.63, 3.8) is 0 Å². The second-order valence-corrected chi connectivity index (χ2v) is 12.0.